The molecule has 10 heteroatoms. The molecule has 4 aromatic rings. The van der Waals surface area contributed by atoms with Crippen LogP contribution in [0.25, 0.3) is 0 Å². The van der Waals surface area contributed by atoms with Gasteiger partial charge in [-0.1, -0.05) is 52.1 Å². The first-order chi connectivity index (χ1) is 15.8. The van der Waals surface area contributed by atoms with Gasteiger partial charge in [0.05, 0.1) is 12.1 Å². The molecule has 4 rings (SSSR count). The van der Waals surface area contributed by atoms with E-state index < -0.39 is 5.91 Å². The van der Waals surface area contributed by atoms with Crippen LogP contribution in [0.1, 0.15) is 38.5 Å². The van der Waals surface area contributed by atoms with Gasteiger partial charge < -0.3 is 9.26 Å². The molecule has 0 spiro atoms. The lowest BCUT2D eigenvalue weighted by atomic mass is 10.1. The number of halogens is 2. The van der Waals surface area contributed by atoms with Gasteiger partial charge in [-0.15, -0.1) is 5.10 Å². The highest BCUT2D eigenvalue weighted by Crippen LogP contribution is 2.25. The summed E-state index contributed by atoms with van der Waals surface area (Å²) in [6.45, 7) is 6.15. The van der Waals surface area contributed by atoms with Crippen LogP contribution in [0, 0.1) is 20.8 Å². The minimum Gasteiger partial charge on any atom is -0.488 e. The Labute approximate surface area is 200 Å². The van der Waals surface area contributed by atoms with Crippen molar-refractivity contribution in [3.8, 4) is 5.75 Å². The summed E-state index contributed by atoms with van der Waals surface area (Å²) in [5.74, 6) is 0.840. The van der Waals surface area contributed by atoms with Gasteiger partial charge in [0.2, 0.25) is 5.95 Å². The Hall–Kier alpha value is -3.36. The summed E-state index contributed by atoms with van der Waals surface area (Å²) < 4.78 is 12.7. The number of carbonyl (C=O) groups excluding carboxylic acids is 1. The van der Waals surface area contributed by atoms with E-state index in [0.717, 1.165) is 16.9 Å². The summed E-state index contributed by atoms with van der Waals surface area (Å²) in [5, 5.41) is 11.8. The molecule has 2 heterocycles. The van der Waals surface area contributed by atoms with Gasteiger partial charge in [0.25, 0.3) is 5.91 Å². The smallest absolute Gasteiger partial charge is 0.280 e. The number of rotatable bonds is 7. The molecule has 33 heavy (non-hydrogen) atoms. The molecule has 0 saturated carbocycles. The first-order valence-electron chi connectivity index (χ1n) is 10.1. The number of anilines is 1. The van der Waals surface area contributed by atoms with E-state index in [1.54, 1.807) is 25.1 Å². The quantitative estimate of drug-likeness (QED) is 0.377. The van der Waals surface area contributed by atoms with Crippen molar-refractivity contribution >= 4 is 35.1 Å². The van der Waals surface area contributed by atoms with Crippen LogP contribution in [0.4, 0.5) is 5.95 Å². The van der Waals surface area contributed by atoms with Gasteiger partial charge in [0.15, 0.2) is 5.69 Å². The monoisotopic (exact) mass is 485 g/mol. The average molecular weight is 486 g/mol. The summed E-state index contributed by atoms with van der Waals surface area (Å²) in [7, 11) is 0. The molecule has 0 aliphatic heterocycles. The van der Waals surface area contributed by atoms with E-state index in [2.05, 4.69) is 20.6 Å². The van der Waals surface area contributed by atoms with E-state index in [9.17, 15) is 4.79 Å². The van der Waals surface area contributed by atoms with Crippen LogP contribution in [-0.2, 0) is 13.2 Å². The lowest BCUT2D eigenvalue weighted by Gasteiger charge is -2.10. The predicted molar refractivity (Wildman–Crippen MR) is 125 cm³/mol. The van der Waals surface area contributed by atoms with E-state index in [0.29, 0.717) is 33.5 Å². The molecule has 1 amide bonds. The largest absolute Gasteiger partial charge is 0.488 e. The number of aromatic nitrogens is 4. The van der Waals surface area contributed by atoms with Gasteiger partial charge in [0, 0.05) is 15.6 Å². The Morgan fingerprint density at radius 2 is 1.88 bits per heavy atom. The normalized spacial score (nSPS) is 10.9. The maximum absolute atomic E-state index is 12.8. The number of ether oxygens (including phenoxy) is 1. The standard InChI is InChI=1S/C23H21Cl2N5O3/c1-13-7-8-20(14(2)9-13)32-11-17-15(3)33-29-21(17)22(31)27-23-26-12-30(28-23)10-16-18(24)5-4-6-19(16)25/h4-9,12H,10-11H2,1-3H3,(H,27,28,31). The average Bonchev–Trinajstić information content (AvgIpc) is 3.36. The molecule has 0 radical (unpaired) electrons. The molecule has 8 nitrogen and oxygen atoms in total. The topological polar surface area (TPSA) is 95.1 Å². The fourth-order valence-corrected chi connectivity index (χ4v) is 3.80. The summed E-state index contributed by atoms with van der Waals surface area (Å²) in [6, 6.07) is 11.2. The highest BCUT2D eigenvalue weighted by atomic mass is 35.5. The van der Waals surface area contributed by atoms with E-state index in [4.69, 9.17) is 32.5 Å². The van der Waals surface area contributed by atoms with Crippen LogP contribution >= 0.6 is 23.2 Å². The van der Waals surface area contributed by atoms with Crippen molar-refractivity contribution in [2.24, 2.45) is 0 Å². The molecule has 0 aliphatic carbocycles. The van der Waals surface area contributed by atoms with Crippen molar-refractivity contribution in [1.82, 2.24) is 19.9 Å². The Morgan fingerprint density at radius 3 is 2.61 bits per heavy atom. The molecule has 1 N–H and O–H groups in total. The van der Waals surface area contributed by atoms with Crippen LogP contribution in [-0.4, -0.2) is 25.8 Å². The third kappa shape index (κ3) is 5.18. The lowest BCUT2D eigenvalue weighted by molar-refractivity contribution is 0.101. The maximum atomic E-state index is 12.8. The van der Waals surface area contributed by atoms with Crippen LogP contribution in [0.5, 0.6) is 5.75 Å². The lowest BCUT2D eigenvalue weighted by Crippen LogP contribution is -2.16. The third-order valence-electron chi connectivity index (χ3n) is 5.05. The van der Waals surface area contributed by atoms with Crippen molar-refractivity contribution in [2.45, 2.75) is 33.9 Å². The van der Waals surface area contributed by atoms with E-state index >= 15 is 0 Å². The summed E-state index contributed by atoms with van der Waals surface area (Å²) >= 11 is 12.4. The Balaban J connectivity index is 1.45. The molecular formula is C23H21Cl2N5O3. The number of amides is 1. The van der Waals surface area contributed by atoms with Crippen LogP contribution < -0.4 is 10.1 Å². The first kappa shape index (κ1) is 22.8. The van der Waals surface area contributed by atoms with Crippen molar-refractivity contribution in [3.63, 3.8) is 0 Å². The number of hydrogen-bond acceptors (Lipinski definition) is 6. The molecule has 0 atom stereocenters. The zero-order valence-corrected chi connectivity index (χ0v) is 19.7. The first-order valence-corrected chi connectivity index (χ1v) is 10.9. The number of carbonyl (C=O) groups is 1. The van der Waals surface area contributed by atoms with E-state index in [-0.39, 0.29) is 18.2 Å². The van der Waals surface area contributed by atoms with Crippen molar-refractivity contribution in [3.05, 3.63) is 86.5 Å². The zero-order chi connectivity index (χ0) is 23.5. The molecule has 0 unspecified atom stereocenters. The van der Waals surface area contributed by atoms with Crippen LogP contribution in [0.15, 0.2) is 47.2 Å². The number of aryl methyl sites for hydroxylation is 3. The van der Waals surface area contributed by atoms with Gasteiger partial charge >= 0.3 is 0 Å². The highest BCUT2D eigenvalue weighted by molar-refractivity contribution is 6.35. The Bertz CT molecular complexity index is 1300. The van der Waals surface area contributed by atoms with Crippen molar-refractivity contribution in [2.75, 3.05) is 5.32 Å². The predicted octanol–water partition coefficient (Wildman–Crippen LogP) is 5.38. The molecule has 2 aromatic carbocycles. The fraction of sp³-hybridized carbons (Fsp3) is 0.217. The maximum Gasteiger partial charge on any atom is 0.280 e. The molecule has 170 valence electrons. The Kier molecular flexibility index (Phi) is 6.67. The fourth-order valence-electron chi connectivity index (χ4n) is 3.28. The molecule has 0 aliphatic rings. The molecule has 2 aromatic heterocycles. The zero-order valence-electron chi connectivity index (χ0n) is 18.2. The van der Waals surface area contributed by atoms with Crippen molar-refractivity contribution < 1.29 is 14.1 Å². The second kappa shape index (κ2) is 9.64. The van der Waals surface area contributed by atoms with E-state index in [1.807, 2.05) is 32.0 Å². The van der Waals surface area contributed by atoms with Gasteiger partial charge in [-0.05, 0) is 44.5 Å². The highest BCUT2D eigenvalue weighted by Gasteiger charge is 2.22. The molecular weight excluding hydrogens is 465 g/mol. The van der Waals surface area contributed by atoms with Gasteiger partial charge in [0.1, 0.15) is 24.4 Å². The third-order valence-corrected chi connectivity index (χ3v) is 5.75. The second-order valence-electron chi connectivity index (χ2n) is 7.54. The SMILES string of the molecule is Cc1ccc(OCc2c(C(=O)Nc3ncn(Cc4c(Cl)cccc4Cl)n3)noc2C)c(C)c1. The minimum atomic E-state index is -0.500. The van der Waals surface area contributed by atoms with Crippen LogP contribution in [0.2, 0.25) is 10.0 Å². The number of benzene rings is 2. The van der Waals surface area contributed by atoms with Crippen molar-refractivity contribution in [1.29, 1.82) is 0 Å². The van der Waals surface area contributed by atoms with Crippen LogP contribution in [0.3, 0.4) is 0 Å². The number of hydrogen-bond donors (Lipinski definition) is 1. The second-order valence-corrected chi connectivity index (χ2v) is 8.36. The number of nitrogens with one attached hydrogen (secondary N) is 1. The molecule has 0 bridgehead atoms. The Morgan fingerprint density at radius 1 is 1.12 bits per heavy atom. The molecule has 0 fully saturated rings. The minimum absolute atomic E-state index is 0.114. The van der Waals surface area contributed by atoms with Gasteiger partial charge in [-0.25, -0.2) is 9.67 Å². The summed E-state index contributed by atoms with van der Waals surface area (Å²) in [4.78, 5) is 17.0. The molecule has 0 saturated heterocycles. The van der Waals surface area contributed by atoms with Gasteiger partial charge in [-0.3, -0.25) is 10.1 Å². The summed E-state index contributed by atoms with van der Waals surface area (Å²) in [6.07, 6.45) is 1.48. The summed E-state index contributed by atoms with van der Waals surface area (Å²) in [5.41, 5.74) is 3.52. The van der Waals surface area contributed by atoms with E-state index in [1.165, 1.54) is 11.0 Å². The van der Waals surface area contributed by atoms with Gasteiger partial charge in [-0.2, -0.15) is 0 Å². The number of nitrogens with zero attached hydrogens (tertiary/aromatic N) is 4.